The average Bonchev–Trinajstić information content (AvgIpc) is 2.81. The summed E-state index contributed by atoms with van der Waals surface area (Å²) in [5, 5.41) is 9.36. The van der Waals surface area contributed by atoms with E-state index in [0.29, 0.717) is 24.4 Å². The Hall–Kier alpha value is -1.86. The molecule has 2 rings (SSSR count). The first kappa shape index (κ1) is 18.5. The molecule has 1 aliphatic heterocycles. The maximum Gasteiger partial charge on any atom is 0.326 e. The van der Waals surface area contributed by atoms with E-state index in [1.807, 2.05) is 38.1 Å². The van der Waals surface area contributed by atoms with Crippen LogP contribution in [0.15, 0.2) is 29.2 Å². The van der Waals surface area contributed by atoms with E-state index < -0.39 is 12.0 Å². The number of carbonyl (C=O) groups excluding carboxylic acids is 1. The molecule has 1 atom stereocenters. The molecule has 1 saturated heterocycles. The maximum absolute atomic E-state index is 12.6. The standard InChI is InChI=1S/C17H19NO4S2/c1-3-5-13(16(20)21)18-15(19)14(24-17(18)23)10-11-6-8-12(9-7-11)22-4-2/h6-10,13H,3-5H2,1-2H3,(H,20,21)/b14-10-/t13-/m0/s1. The van der Waals surface area contributed by atoms with E-state index in [2.05, 4.69) is 0 Å². The fraction of sp³-hybridized carbons (Fsp3) is 0.353. The van der Waals surface area contributed by atoms with Gasteiger partial charge in [-0.25, -0.2) is 4.79 Å². The zero-order chi connectivity index (χ0) is 17.7. The summed E-state index contributed by atoms with van der Waals surface area (Å²) in [6.45, 7) is 4.38. The number of amides is 1. The molecule has 1 heterocycles. The smallest absolute Gasteiger partial charge is 0.326 e. The number of thiocarbonyl (C=S) groups is 1. The topological polar surface area (TPSA) is 66.8 Å². The van der Waals surface area contributed by atoms with Gasteiger partial charge in [-0.05, 0) is 37.1 Å². The lowest BCUT2D eigenvalue weighted by Crippen LogP contribution is -2.43. The molecule has 5 nitrogen and oxygen atoms in total. The van der Waals surface area contributed by atoms with E-state index in [9.17, 15) is 14.7 Å². The molecule has 0 aliphatic carbocycles. The highest BCUT2D eigenvalue weighted by Crippen LogP contribution is 2.35. The monoisotopic (exact) mass is 365 g/mol. The first-order valence-electron chi connectivity index (χ1n) is 7.70. The van der Waals surface area contributed by atoms with Crippen LogP contribution in [0.4, 0.5) is 0 Å². The SMILES string of the molecule is CCC[C@@H](C(=O)O)N1C(=O)/C(=C/c2ccc(OCC)cc2)SC1=S. The summed E-state index contributed by atoms with van der Waals surface area (Å²) in [7, 11) is 0. The number of hydrogen-bond acceptors (Lipinski definition) is 5. The average molecular weight is 365 g/mol. The number of rotatable bonds is 7. The Morgan fingerprint density at radius 1 is 1.38 bits per heavy atom. The van der Waals surface area contributed by atoms with Crippen LogP contribution < -0.4 is 4.74 Å². The largest absolute Gasteiger partial charge is 0.494 e. The van der Waals surface area contributed by atoms with Crippen LogP contribution in [-0.2, 0) is 9.59 Å². The van der Waals surface area contributed by atoms with E-state index in [0.717, 1.165) is 23.1 Å². The van der Waals surface area contributed by atoms with Crippen LogP contribution >= 0.6 is 24.0 Å². The normalized spacial score (nSPS) is 17.4. The van der Waals surface area contributed by atoms with Crippen LogP contribution in [0.5, 0.6) is 5.75 Å². The van der Waals surface area contributed by atoms with Gasteiger partial charge in [0, 0.05) is 0 Å². The highest BCUT2D eigenvalue weighted by Gasteiger charge is 2.39. The summed E-state index contributed by atoms with van der Waals surface area (Å²) in [5.74, 6) is -0.619. The van der Waals surface area contributed by atoms with E-state index in [1.165, 1.54) is 4.90 Å². The van der Waals surface area contributed by atoms with Crippen molar-refractivity contribution in [1.29, 1.82) is 0 Å². The van der Waals surface area contributed by atoms with Crippen molar-refractivity contribution in [3.8, 4) is 5.75 Å². The second-order valence-corrected chi connectivity index (χ2v) is 6.87. The van der Waals surface area contributed by atoms with Gasteiger partial charge in [0.05, 0.1) is 11.5 Å². The van der Waals surface area contributed by atoms with Gasteiger partial charge in [0.25, 0.3) is 5.91 Å². The van der Waals surface area contributed by atoms with Crippen molar-refractivity contribution >= 4 is 46.3 Å². The first-order chi connectivity index (χ1) is 11.5. The van der Waals surface area contributed by atoms with Crippen LogP contribution in [0.25, 0.3) is 6.08 Å². The van der Waals surface area contributed by atoms with Crippen molar-refractivity contribution in [2.45, 2.75) is 32.7 Å². The zero-order valence-electron chi connectivity index (χ0n) is 13.5. The Morgan fingerprint density at radius 2 is 2.04 bits per heavy atom. The summed E-state index contributed by atoms with van der Waals surface area (Å²) in [5.41, 5.74) is 0.835. The lowest BCUT2D eigenvalue weighted by Gasteiger charge is -2.22. The number of carboxylic acid groups (broad SMARTS) is 1. The second-order valence-electron chi connectivity index (χ2n) is 5.20. The molecule has 1 fully saturated rings. The number of benzene rings is 1. The lowest BCUT2D eigenvalue weighted by atomic mass is 10.1. The number of carboxylic acids is 1. The summed E-state index contributed by atoms with van der Waals surface area (Å²) < 4.78 is 5.67. The molecule has 0 radical (unpaired) electrons. The summed E-state index contributed by atoms with van der Waals surface area (Å²) in [4.78, 5) is 25.7. The summed E-state index contributed by atoms with van der Waals surface area (Å²) >= 11 is 6.36. The van der Waals surface area contributed by atoms with Gasteiger partial charge < -0.3 is 9.84 Å². The van der Waals surface area contributed by atoms with Gasteiger partial charge in [0.2, 0.25) is 0 Å². The van der Waals surface area contributed by atoms with E-state index >= 15 is 0 Å². The van der Waals surface area contributed by atoms with E-state index in [-0.39, 0.29) is 10.2 Å². The summed E-state index contributed by atoms with van der Waals surface area (Å²) in [6, 6.07) is 6.44. The van der Waals surface area contributed by atoms with Crippen molar-refractivity contribution in [3.05, 3.63) is 34.7 Å². The van der Waals surface area contributed by atoms with Gasteiger partial charge in [-0.3, -0.25) is 9.69 Å². The van der Waals surface area contributed by atoms with Crippen LogP contribution in [0.3, 0.4) is 0 Å². The quantitative estimate of drug-likeness (QED) is 0.589. The van der Waals surface area contributed by atoms with Gasteiger partial charge in [0.1, 0.15) is 16.1 Å². The highest BCUT2D eigenvalue weighted by molar-refractivity contribution is 8.26. The third-order valence-electron chi connectivity index (χ3n) is 3.47. The number of thioether (sulfide) groups is 1. The molecule has 1 amide bonds. The lowest BCUT2D eigenvalue weighted by molar-refractivity contribution is -0.145. The maximum atomic E-state index is 12.6. The van der Waals surface area contributed by atoms with Gasteiger partial charge in [-0.2, -0.15) is 0 Å². The fourth-order valence-electron chi connectivity index (χ4n) is 2.36. The molecular weight excluding hydrogens is 346 g/mol. The van der Waals surface area contributed by atoms with Gasteiger partial charge >= 0.3 is 5.97 Å². The molecule has 128 valence electrons. The minimum absolute atomic E-state index is 0.290. The van der Waals surface area contributed by atoms with E-state index in [1.54, 1.807) is 6.08 Å². The number of ether oxygens (including phenoxy) is 1. The van der Waals surface area contributed by atoms with Crippen molar-refractivity contribution in [3.63, 3.8) is 0 Å². The predicted octanol–water partition coefficient (Wildman–Crippen LogP) is 3.54. The third-order valence-corrected chi connectivity index (χ3v) is 4.80. The minimum atomic E-state index is -1.03. The van der Waals surface area contributed by atoms with Gasteiger partial charge in [0.15, 0.2) is 0 Å². The molecule has 24 heavy (non-hydrogen) atoms. The Labute approximate surface area is 150 Å². The molecule has 0 spiro atoms. The molecule has 1 aromatic rings. The van der Waals surface area contributed by atoms with Crippen molar-refractivity contribution in [2.24, 2.45) is 0 Å². The van der Waals surface area contributed by atoms with Crippen LogP contribution in [0, 0.1) is 0 Å². The second kappa shape index (κ2) is 8.30. The molecule has 1 aromatic carbocycles. The first-order valence-corrected chi connectivity index (χ1v) is 8.93. The van der Waals surface area contributed by atoms with Gasteiger partial charge in [-0.1, -0.05) is 49.5 Å². The predicted molar refractivity (Wildman–Crippen MR) is 99.0 cm³/mol. The van der Waals surface area contributed by atoms with Crippen LogP contribution in [0.2, 0.25) is 0 Å². The summed E-state index contributed by atoms with van der Waals surface area (Å²) in [6.07, 6.45) is 2.75. The highest BCUT2D eigenvalue weighted by atomic mass is 32.2. The molecule has 0 unspecified atom stereocenters. The Kier molecular flexibility index (Phi) is 6.39. The molecule has 0 aromatic heterocycles. The fourth-order valence-corrected chi connectivity index (χ4v) is 3.72. The van der Waals surface area contributed by atoms with Gasteiger partial charge in [-0.15, -0.1) is 0 Å². The van der Waals surface area contributed by atoms with Crippen LogP contribution in [-0.4, -0.2) is 38.9 Å². The molecule has 7 heteroatoms. The molecule has 0 saturated carbocycles. The van der Waals surface area contributed by atoms with Crippen LogP contribution in [0.1, 0.15) is 32.3 Å². The zero-order valence-corrected chi connectivity index (χ0v) is 15.2. The minimum Gasteiger partial charge on any atom is -0.494 e. The van der Waals surface area contributed by atoms with Crippen molar-refractivity contribution < 1.29 is 19.4 Å². The Morgan fingerprint density at radius 3 is 2.58 bits per heavy atom. The number of carbonyl (C=O) groups is 2. The number of aliphatic carboxylic acids is 1. The molecule has 0 bridgehead atoms. The number of nitrogens with zero attached hydrogens (tertiary/aromatic N) is 1. The Balaban J connectivity index is 2.22. The van der Waals surface area contributed by atoms with E-state index in [4.69, 9.17) is 17.0 Å². The van der Waals surface area contributed by atoms with Crippen molar-refractivity contribution in [2.75, 3.05) is 6.61 Å². The number of hydrogen-bond donors (Lipinski definition) is 1. The van der Waals surface area contributed by atoms with Crippen molar-refractivity contribution in [1.82, 2.24) is 4.90 Å². The molecule has 1 aliphatic rings. The Bertz CT molecular complexity index is 670. The molecule has 1 N–H and O–H groups in total. The molecular formula is C17H19NO4S2. The third kappa shape index (κ3) is 4.15.